The summed E-state index contributed by atoms with van der Waals surface area (Å²) in [5.74, 6) is 0.889. The molecule has 0 saturated carbocycles. The van der Waals surface area contributed by atoms with Gasteiger partial charge in [0.05, 0.1) is 12.6 Å². The maximum atomic E-state index is 5.59. The van der Waals surface area contributed by atoms with Gasteiger partial charge in [-0.15, -0.1) is 23.5 Å². The van der Waals surface area contributed by atoms with Crippen LogP contribution in [-0.4, -0.2) is 24.6 Å². The highest BCUT2D eigenvalue weighted by molar-refractivity contribution is 8.21. The van der Waals surface area contributed by atoms with Crippen LogP contribution in [0.5, 0.6) is 5.75 Å². The Balaban J connectivity index is 2.37. The maximum Gasteiger partial charge on any atom is 0.127 e. The van der Waals surface area contributed by atoms with E-state index in [1.807, 2.05) is 18.3 Å². The summed E-state index contributed by atoms with van der Waals surface area (Å²) < 4.78 is 6.87. The molecule has 4 heteroatoms. The second-order valence-corrected chi connectivity index (χ2v) is 6.75. The fraction of sp³-hybridized carbons (Fsp3) is 0.167. The number of hydrogen-bond acceptors (Lipinski definition) is 4. The van der Waals surface area contributed by atoms with Crippen molar-refractivity contribution < 1.29 is 4.74 Å². The Labute approximate surface area is 139 Å². The van der Waals surface area contributed by atoms with E-state index in [1.165, 1.54) is 9.80 Å². The van der Waals surface area contributed by atoms with Gasteiger partial charge in [-0.25, -0.2) is 0 Å². The molecule has 1 aromatic heterocycles. The molecule has 0 atom stereocenters. The Morgan fingerprint density at radius 1 is 1.05 bits per heavy atom. The third-order valence-electron chi connectivity index (χ3n) is 3.64. The molecule has 0 unspecified atom stereocenters. The van der Waals surface area contributed by atoms with Crippen molar-refractivity contribution in [3.63, 3.8) is 0 Å². The van der Waals surface area contributed by atoms with Gasteiger partial charge in [0.1, 0.15) is 5.75 Å². The minimum absolute atomic E-state index is 0.889. The Morgan fingerprint density at radius 3 is 2.45 bits per heavy atom. The van der Waals surface area contributed by atoms with E-state index in [0.29, 0.717) is 0 Å². The molecule has 112 valence electrons. The molecular weight excluding hydrogens is 310 g/mol. The van der Waals surface area contributed by atoms with Crippen LogP contribution in [0.15, 0.2) is 46.8 Å². The number of thioether (sulfide) groups is 2. The first-order chi connectivity index (χ1) is 10.8. The maximum absolute atomic E-state index is 5.59. The molecule has 0 radical (unpaired) electrons. The smallest absolute Gasteiger partial charge is 0.127 e. The predicted molar refractivity (Wildman–Crippen MR) is 101 cm³/mol. The van der Waals surface area contributed by atoms with Gasteiger partial charge in [0, 0.05) is 26.6 Å². The van der Waals surface area contributed by atoms with E-state index >= 15 is 0 Å². The van der Waals surface area contributed by atoms with Gasteiger partial charge in [-0.2, -0.15) is 0 Å². The van der Waals surface area contributed by atoms with Crippen LogP contribution in [0, 0.1) is 0 Å². The van der Waals surface area contributed by atoms with Crippen molar-refractivity contribution in [2.45, 2.75) is 0 Å². The highest BCUT2D eigenvalue weighted by Gasteiger charge is 2.10. The van der Waals surface area contributed by atoms with Crippen LogP contribution in [0.25, 0.3) is 27.8 Å². The molecule has 0 saturated heterocycles. The van der Waals surface area contributed by atoms with Crippen molar-refractivity contribution in [1.29, 1.82) is 0 Å². The van der Waals surface area contributed by atoms with Gasteiger partial charge < -0.3 is 4.74 Å². The molecule has 0 bridgehead atoms. The fourth-order valence-electron chi connectivity index (χ4n) is 2.59. The Hall–Kier alpha value is -1.65. The standard InChI is InChI=1S/C18H17NOS2/c1-20-16-11-15-12(10-17(21-2)22-3)8-9-19-18(15)14-7-5-4-6-13(14)16/h4-11H,1-3H3. The van der Waals surface area contributed by atoms with Crippen LogP contribution in [0.4, 0.5) is 0 Å². The Bertz CT molecular complexity index is 852. The molecule has 2 nitrogen and oxygen atoms in total. The lowest BCUT2D eigenvalue weighted by atomic mass is 10.0. The number of rotatable bonds is 4. The van der Waals surface area contributed by atoms with Crippen LogP contribution >= 0.6 is 23.5 Å². The lowest BCUT2D eigenvalue weighted by Gasteiger charge is -2.11. The van der Waals surface area contributed by atoms with Crippen LogP contribution in [0.2, 0.25) is 0 Å². The lowest BCUT2D eigenvalue weighted by molar-refractivity contribution is 0.420. The zero-order valence-corrected chi connectivity index (χ0v) is 14.4. The summed E-state index contributed by atoms with van der Waals surface area (Å²) in [4.78, 5) is 4.61. The number of methoxy groups -OCH3 is 1. The molecule has 3 aromatic rings. The van der Waals surface area contributed by atoms with Crippen molar-refractivity contribution in [2.75, 3.05) is 19.6 Å². The van der Waals surface area contributed by atoms with Gasteiger partial charge >= 0.3 is 0 Å². The van der Waals surface area contributed by atoms with E-state index in [4.69, 9.17) is 4.74 Å². The lowest BCUT2D eigenvalue weighted by Crippen LogP contribution is -1.90. The third-order valence-corrected chi connectivity index (χ3v) is 5.68. The molecule has 0 fully saturated rings. The van der Waals surface area contributed by atoms with Crippen molar-refractivity contribution in [3.05, 3.63) is 52.4 Å². The van der Waals surface area contributed by atoms with E-state index in [2.05, 4.69) is 47.8 Å². The Kier molecular flexibility index (Phi) is 4.60. The van der Waals surface area contributed by atoms with E-state index < -0.39 is 0 Å². The molecule has 2 aromatic carbocycles. The summed E-state index contributed by atoms with van der Waals surface area (Å²) in [5, 5.41) is 3.35. The summed E-state index contributed by atoms with van der Waals surface area (Å²) >= 11 is 3.52. The van der Waals surface area contributed by atoms with Gasteiger partial charge in [0.15, 0.2) is 0 Å². The summed E-state index contributed by atoms with van der Waals surface area (Å²) in [5.41, 5.74) is 2.19. The average molecular weight is 327 g/mol. The third kappa shape index (κ3) is 2.69. The number of benzene rings is 2. The average Bonchev–Trinajstić information content (AvgIpc) is 2.59. The highest BCUT2D eigenvalue weighted by atomic mass is 32.2. The SMILES string of the molecule is COc1cc2c(C=C(SC)SC)ccnc2c2ccccc12. The van der Waals surface area contributed by atoms with Crippen LogP contribution in [0.1, 0.15) is 5.56 Å². The molecule has 0 aliphatic heterocycles. The number of fused-ring (bicyclic) bond motifs is 3. The van der Waals surface area contributed by atoms with Crippen molar-refractivity contribution in [2.24, 2.45) is 0 Å². The quantitative estimate of drug-likeness (QED) is 0.596. The minimum atomic E-state index is 0.889. The minimum Gasteiger partial charge on any atom is -0.496 e. The van der Waals surface area contributed by atoms with Crippen molar-refractivity contribution >= 4 is 51.3 Å². The Morgan fingerprint density at radius 2 is 1.77 bits per heavy atom. The number of pyridine rings is 1. The fourth-order valence-corrected chi connectivity index (χ4v) is 3.75. The molecule has 0 amide bonds. The zero-order chi connectivity index (χ0) is 15.5. The normalized spacial score (nSPS) is 10.9. The molecule has 0 aliphatic carbocycles. The first kappa shape index (κ1) is 15.3. The van der Waals surface area contributed by atoms with Gasteiger partial charge in [0.25, 0.3) is 0 Å². The zero-order valence-electron chi connectivity index (χ0n) is 12.8. The molecule has 0 N–H and O–H groups in total. The van der Waals surface area contributed by atoms with Gasteiger partial charge in [-0.05, 0) is 36.3 Å². The number of aromatic nitrogens is 1. The van der Waals surface area contributed by atoms with E-state index in [0.717, 1.165) is 27.4 Å². The van der Waals surface area contributed by atoms with Crippen molar-refractivity contribution in [1.82, 2.24) is 4.98 Å². The second kappa shape index (κ2) is 6.63. The number of ether oxygens (including phenoxy) is 1. The van der Waals surface area contributed by atoms with E-state index in [1.54, 1.807) is 30.6 Å². The number of nitrogens with zero attached hydrogens (tertiary/aromatic N) is 1. The van der Waals surface area contributed by atoms with Crippen molar-refractivity contribution in [3.8, 4) is 5.75 Å². The molecule has 0 spiro atoms. The predicted octanol–water partition coefficient (Wildman–Crippen LogP) is 5.42. The molecule has 1 heterocycles. The number of hydrogen-bond donors (Lipinski definition) is 0. The molecule has 0 aliphatic rings. The van der Waals surface area contributed by atoms with Gasteiger partial charge in [-0.1, -0.05) is 24.3 Å². The summed E-state index contributed by atoms with van der Waals surface area (Å²) in [6.45, 7) is 0. The van der Waals surface area contributed by atoms with Crippen LogP contribution < -0.4 is 4.74 Å². The van der Waals surface area contributed by atoms with Gasteiger partial charge in [-0.3, -0.25) is 4.98 Å². The first-order valence-electron chi connectivity index (χ1n) is 6.92. The first-order valence-corrected chi connectivity index (χ1v) is 9.37. The van der Waals surface area contributed by atoms with E-state index in [-0.39, 0.29) is 0 Å². The molecule has 3 rings (SSSR count). The highest BCUT2D eigenvalue weighted by Crippen LogP contribution is 2.35. The summed E-state index contributed by atoms with van der Waals surface area (Å²) in [6.07, 6.45) is 8.29. The second-order valence-electron chi connectivity index (χ2n) is 4.79. The summed E-state index contributed by atoms with van der Waals surface area (Å²) in [7, 11) is 1.72. The summed E-state index contributed by atoms with van der Waals surface area (Å²) in [6, 6.07) is 12.4. The largest absolute Gasteiger partial charge is 0.496 e. The molecular formula is C18H17NOS2. The van der Waals surface area contributed by atoms with Gasteiger partial charge in [0.2, 0.25) is 0 Å². The monoisotopic (exact) mass is 327 g/mol. The van der Waals surface area contributed by atoms with Crippen LogP contribution in [-0.2, 0) is 0 Å². The topological polar surface area (TPSA) is 22.1 Å². The molecule has 22 heavy (non-hydrogen) atoms. The van der Waals surface area contributed by atoms with Crippen LogP contribution in [0.3, 0.4) is 0 Å². The van der Waals surface area contributed by atoms with E-state index in [9.17, 15) is 0 Å².